The maximum atomic E-state index is 11.8. The van der Waals surface area contributed by atoms with E-state index in [0.29, 0.717) is 6.42 Å². The fraction of sp³-hybridized carbons (Fsp3) is 0.571. The normalized spacial score (nSPS) is 14.8. The van der Waals surface area contributed by atoms with E-state index in [1.807, 2.05) is 25.1 Å². The van der Waals surface area contributed by atoms with Crippen molar-refractivity contribution in [1.82, 2.24) is 5.32 Å². The Bertz CT molecular complexity index is 545. The molecule has 0 fully saturated rings. The van der Waals surface area contributed by atoms with Crippen molar-refractivity contribution >= 4 is 25.8 Å². The number of rotatable bonds is 7. The molecule has 0 aromatic heterocycles. The Balaban J connectivity index is 3.01. The number of hydrogen-bond donors (Lipinski definition) is 1. The van der Waals surface area contributed by atoms with Crippen molar-refractivity contribution in [1.29, 1.82) is 0 Å². The van der Waals surface area contributed by atoms with Gasteiger partial charge in [-0.1, -0.05) is 22.9 Å². The van der Waals surface area contributed by atoms with Gasteiger partial charge in [-0.3, -0.25) is 0 Å². The molecule has 6 heteroatoms. The quantitative estimate of drug-likeness (QED) is 0.807. The van der Waals surface area contributed by atoms with E-state index < -0.39 is 15.1 Å². The minimum absolute atomic E-state index is 0.126. The van der Waals surface area contributed by atoms with Gasteiger partial charge in [-0.15, -0.1) is 0 Å². The van der Waals surface area contributed by atoms with Crippen molar-refractivity contribution in [2.45, 2.75) is 31.6 Å². The number of hydrogen-bond acceptors (Lipinski definition) is 4. The molecule has 0 spiro atoms. The molecule has 2 unspecified atom stereocenters. The Hall–Kier alpha value is -0.590. The van der Waals surface area contributed by atoms with Crippen LogP contribution in [0.1, 0.15) is 19.4 Å². The highest BCUT2D eigenvalue weighted by Gasteiger charge is 2.26. The molecule has 0 aliphatic rings. The largest absolute Gasteiger partial charge is 0.497 e. The SMILES string of the molecule is CCNC(Cc1cc(OC)ccc1Br)C(C)S(C)(=O)=O. The van der Waals surface area contributed by atoms with Crippen LogP contribution in [-0.4, -0.2) is 39.6 Å². The van der Waals surface area contributed by atoms with E-state index in [9.17, 15) is 8.42 Å². The van der Waals surface area contributed by atoms with Gasteiger partial charge in [0.25, 0.3) is 0 Å². The summed E-state index contributed by atoms with van der Waals surface area (Å²) in [6.07, 6.45) is 1.91. The third-order valence-electron chi connectivity index (χ3n) is 3.40. The molecular weight excluding hydrogens is 342 g/mol. The van der Waals surface area contributed by atoms with Crippen molar-refractivity contribution in [3.05, 3.63) is 28.2 Å². The van der Waals surface area contributed by atoms with E-state index >= 15 is 0 Å². The van der Waals surface area contributed by atoms with Crippen LogP contribution >= 0.6 is 15.9 Å². The van der Waals surface area contributed by atoms with E-state index in [4.69, 9.17) is 4.74 Å². The summed E-state index contributed by atoms with van der Waals surface area (Å²) in [5.74, 6) is 0.769. The summed E-state index contributed by atoms with van der Waals surface area (Å²) in [7, 11) is -1.46. The lowest BCUT2D eigenvalue weighted by molar-refractivity contribution is 0.413. The molecule has 4 nitrogen and oxygen atoms in total. The standard InChI is InChI=1S/C14H22BrNO3S/c1-5-16-14(10(2)20(4,17)18)9-11-8-12(19-3)6-7-13(11)15/h6-8,10,14,16H,5,9H2,1-4H3. The minimum Gasteiger partial charge on any atom is -0.497 e. The van der Waals surface area contributed by atoms with E-state index in [0.717, 1.165) is 22.3 Å². The average molecular weight is 364 g/mol. The Kier molecular flexibility index (Phi) is 6.48. The van der Waals surface area contributed by atoms with Crippen molar-refractivity contribution in [2.24, 2.45) is 0 Å². The fourth-order valence-corrected chi connectivity index (χ4v) is 3.23. The Morgan fingerprint density at radius 1 is 1.40 bits per heavy atom. The number of halogens is 1. The molecular formula is C14H22BrNO3S. The molecule has 0 aliphatic carbocycles. The molecule has 1 aromatic rings. The summed E-state index contributed by atoms with van der Waals surface area (Å²) in [6.45, 7) is 4.45. The second-order valence-electron chi connectivity index (χ2n) is 4.86. The predicted molar refractivity (Wildman–Crippen MR) is 86.2 cm³/mol. The summed E-state index contributed by atoms with van der Waals surface area (Å²) in [4.78, 5) is 0. The zero-order valence-corrected chi connectivity index (χ0v) is 14.7. The molecule has 0 heterocycles. The van der Waals surface area contributed by atoms with Crippen LogP contribution in [0.4, 0.5) is 0 Å². The van der Waals surface area contributed by atoms with Gasteiger partial charge in [0.1, 0.15) is 5.75 Å². The zero-order valence-electron chi connectivity index (χ0n) is 12.3. The molecule has 2 atom stereocenters. The lowest BCUT2D eigenvalue weighted by Gasteiger charge is -2.24. The van der Waals surface area contributed by atoms with Crippen LogP contribution in [0.2, 0.25) is 0 Å². The van der Waals surface area contributed by atoms with Crippen LogP contribution in [0.3, 0.4) is 0 Å². The number of likely N-dealkylation sites (N-methyl/N-ethyl adjacent to an activating group) is 1. The molecule has 0 aliphatic heterocycles. The van der Waals surface area contributed by atoms with E-state index in [-0.39, 0.29) is 6.04 Å². The van der Waals surface area contributed by atoms with Gasteiger partial charge in [0.2, 0.25) is 0 Å². The molecule has 0 amide bonds. The van der Waals surface area contributed by atoms with Gasteiger partial charge in [0, 0.05) is 16.8 Å². The molecule has 20 heavy (non-hydrogen) atoms. The first kappa shape index (κ1) is 17.5. The van der Waals surface area contributed by atoms with Crippen LogP contribution in [0.25, 0.3) is 0 Å². The topological polar surface area (TPSA) is 55.4 Å². The number of methoxy groups -OCH3 is 1. The molecule has 1 N–H and O–H groups in total. The third-order valence-corrected chi connectivity index (χ3v) is 5.85. The van der Waals surface area contributed by atoms with Crippen LogP contribution in [0, 0.1) is 0 Å². The fourth-order valence-electron chi connectivity index (χ4n) is 2.04. The first-order valence-corrected chi connectivity index (χ1v) is 9.29. The predicted octanol–water partition coefficient (Wildman–Crippen LogP) is 2.41. The van der Waals surface area contributed by atoms with E-state index in [1.165, 1.54) is 6.26 Å². The second kappa shape index (κ2) is 7.43. The summed E-state index contributed by atoms with van der Waals surface area (Å²) in [5.41, 5.74) is 1.03. The smallest absolute Gasteiger partial charge is 0.151 e. The second-order valence-corrected chi connectivity index (χ2v) is 8.12. The monoisotopic (exact) mass is 363 g/mol. The summed E-state index contributed by atoms with van der Waals surface area (Å²) >= 11 is 3.51. The zero-order chi connectivity index (χ0) is 15.3. The van der Waals surface area contributed by atoms with Gasteiger partial charge >= 0.3 is 0 Å². The van der Waals surface area contributed by atoms with Gasteiger partial charge in [0.15, 0.2) is 9.84 Å². The maximum absolute atomic E-state index is 11.8. The van der Waals surface area contributed by atoms with Crippen molar-refractivity contribution in [2.75, 3.05) is 19.9 Å². The molecule has 0 bridgehead atoms. The van der Waals surface area contributed by atoms with Crippen LogP contribution in [-0.2, 0) is 16.3 Å². The van der Waals surface area contributed by atoms with Crippen LogP contribution < -0.4 is 10.1 Å². The average Bonchev–Trinajstić information content (AvgIpc) is 2.38. The van der Waals surface area contributed by atoms with Gasteiger partial charge in [-0.05, 0) is 43.7 Å². The van der Waals surface area contributed by atoms with Crippen molar-refractivity contribution < 1.29 is 13.2 Å². The molecule has 114 valence electrons. The third kappa shape index (κ3) is 4.75. The van der Waals surface area contributed by atoms with Crippen LogP contribution in [0.15, 0.2) is 22.7 Å². The van der Waals surface area contributed by atoms with Gasteiger partial charge in [-0.25, -0.2) is 8.42 Å². The molecule has 1 rings (SSSR count). The Labute approximate surface area is 130 Å². The Morgan fingerprint density at radius 3 is 2.55 bits per heavy atom. The van der Waals surface area contributed by atoms with Crippen LogP contribution in [0.5, 0.6) is 5.75 Å². The number of benzene rings is 1. The van der Waals surface area contributed by atoms with Crippen molar-refractivity contribution in [3.8, 4) is 5.75 Å². The lowest BCUT2D eigenvalue weighted by Crippen LogP contribution is -2.43. The van der Waals surface area contributed by atoms with Gasteiger partial charge in [0.05, 0.1) is 12.4 Å². The highest BCUT2D eigenvalue weighted by Crippen LogP contribution is 2.25. The highest BCUT2D eigenvalue weighted by atomic mass is 79.9. The first-order chi connectivity index (χ1) is 9.29. The summed E-state index contributed by atoms with van der Waals surface area (Å²) in [5, 5.41) is 2.82. The molecule has 1 aromatic carbocycles. The molecule has 0 radical (unpaired) electrons. The molecule has 0 saturated carbocycles. The number of sulfone groups is 1. The first-order valence-electron chi connectivity index (χ1n) is 6.54. The number of nitrogens with one attached hydrogen (secondary N) is 1. The number of ether oxygens (including phenoxy) is 1. The lowest BCUT2D eigenvalue weighted by atomic mass is 10.0. The van der Waals surface area contributed by atoms with E-state index in [2.05, 4.69) is 21.2 Å². The summed E-state index contributed by atoms with van der Waals surface area (Å²) in [6, 6.07) is 5.60. The van der Waals surface area contributed by atoms with Crippen molar-refractivity contribution in [3.63, 3.8) is 0 Å². The minimum atomic E-state index is -3.08. The van der Waals surface area contributed by atoms with E-state index in [1.54, 1.807) is 14.0 Å². The molecule has 0 saturated heterocycles. The van der Waals surface area contributed by atoms with Gasteiger partial charge in [-0.2, -0.15) is 0 Å². The maximum Gasteiger partial charge on any atom is 0.151 e. The highest BCUT2D eigenvalue weighted by molar-refractivity contribution is 9.10. The Morgan fingerprint density at radius 2 is 2.05 bits per heavy atom. The van der Waals surface area contributed by atoms with Gasteiger partial charge < -0.3 is 10.1 Å². The summed E-state index contributed by atoms with van der Waals surface area (Å²) < 4.78 is 29.7.